The summed E-state index contributed by atoms with van der Waals surface area (Å²) in [5, 5.41) is 20.5. The highest BCUT2D eigenvalue weighted by molar-refractivity contribution is 7.93. The summed E-state index contributed by atoms with van der Waals surface area (Å²) in [4.78, 5) is 60.8. The number of benzene rings is 10. The predicted molar refractivity (Wildman–Crippen MR) is 395 cm³/mol. The average Bonchev–Trinajstić information content (AvgIpc) is 0.813. The number of ether oxygens (including phenoxy) is 2. The van der Waals surface area contributed by atoms with Crippen LogP contribution in [-0.4, -0.2) is 117 Å². The highest BCUT2D eigenvalue weighted by atomic mass is 32.2. The molecule has 102 heavy (non-hydrogen) atoms. The number of carboxylic acids is 1. The van der Waals surface area contributed by atoms with E-state index < -0.39 is 48.2 Å². The first-order valence-corrected chi connectivity index (χ1v) is 36.8. The number of amides is 4. The van der Waals surface area contributed by atoms with Gasteiger partial charge in [0.05, 0.1) is 21.2 Å². The van der Waals surface area contributed by atoms with E-state index in [0.717, 1.165) is 68.0 Å². The fourth-order valence-electron chi connectivity index (χ4n) is 10.7. The van der Waals surface area contributed by atoms with Gasteiger partial charge in [0.1, 0.15) is 26.3 Å². The number of anilines is 3. The van der Waals surface area contributed by atoms with Crippen LogP contribution in [0.15, 0.2) is 257 Å². The van der Waals surface area contributed by atoms with Crippen molar-refractivity contribution in [1.29, 1.82) is 0 Å². The van der Waals surface area contributed by atoms with E-state index in [4.69, 9.17) is 20.3 Å². The maximum atomic E-state index is 12.6. The zero-order valence-electron chi connectivity index (χ0n) is 56.4. The molecule has 0 bridgehead atoms. The Balaban J connectivity index is 0.000000180. The van der Waals surface area contributed by atoms with Crippen LogP contribution in [-0.2, 0) is 86.7 Å². The lowest BCUT2D eigenvalue weighted by molar-refractivity contribution is -0.137. The van der Waals surface area contributed by atoms with Gasteiger partial charge in [-0.3, -0.25) is 28.5 Å². The predicted octanol–water partition coefficient (Wildman–Crippen LogP) is 11.2. The number of likely N-dealkylation sites (N-methyl/N-ethyl adjacent to an activating group) is 3. The van der Waals surface area contributed by atoms with Crippen LogP contribution in [0, 0.1) is 0 Å². The summed E-state index contributed by atoms with van der Waals surface area (Å²) in [5.74, 6) is -1.09. The van der Waals surface area contributed by atoms with Gasteiger partial charge in [-0.1, -0.05) is 170 Å². The number of carbonyl (C=O) groups excluding carboxylic acids is 4. The molecular formula is C76H81N9O14S3. The van der Waals surface area contributed by atoms with E-state index in [-0.39, 0.29) is 65.9 Å². The van der Waals surface area contributed by atoms with E-state index >= 15 is 0 Å². The van der Waals surface area contributed by atoms with Crippen molar-refractivity contribution >= 4 is 98.6 Å². The Labute approximate surface area is 594 Å². The number of carbonyl (C=O) groups is 5. The minimum Gasteiger partial charge on any atom is -0.480 e. The SMILES string of the molecule is CN(CC(=O)NCc1cccc2cc(NS(=O)(=O)c3ccccc3)ccc12)C(=O)OCc1ccccc1.CN(CC(=O)O)C(=O)OCc1ccccc1.CNCC(=O)NCc1cccc2cc(NS(=O)(=O)c3ccccc3)ccc12.NCC1CCCc2cc(NS(=O)(=O)c3ccccc3)ccc21. The van der Waals surface area contributed by atoms with Gasteiger partial charge < -0.3 is 46.1 Å². The number of rotatable bonds is 24. The molecule has 11 rings (SSSR count). The van der Waals surface area contributed by atoms with Gasteiger partial charge in [-0.15, -0.1) is 0 Å². The van der Waals surface area contributed by atoms with Gasteiger partial charge in [0.15, 0.2) is 0 Å². The Morgan fingerprint density at radius 3 is 1.28 bits per heavy atom. The second-order valence-electron chi connectivity index (χ2n) is 23.5. The van der Waals surface area contributed by atoms with Gasteiger partial charge in [-0.25, -0.2) is 34.8 Å². The fourth-order valence-corrected chi connectivity index (χ4v) is 13.9. The molecule has 0 aromatic heterocycles. The Bertz CT molecular complexity index is 4820. The van der Waals surface area contributed by atoms with Gasteiger partial charge >= 0.3 is 18.2 Å². The number of hydrogen-bond acceptors (Lipinski definition) is 15. The molecule has 10 aromatic rings. The maximum absolute atomic E-state index is 12.6. The largest absolute Gasteiger partial charge is 0.480 e. The van der Waals surface area contributed by atoms with Crippen LogP contribution in [0.1, 0.15) is 52.1 Å². The highest BCUT2D eigenvalue weighted by Gasteiger charge is 2.22. The van der Waals surface area contributed by atoms with Crippen LogP contribution in [0.25, 0.3) is 21.5 Å². The van der Waals surface area contributed by atoms with Gasteiger partial charge in [0.25, 0.3) is 30.1 Å². The van der Waals surface area contributed by atoms with Crippen molar-refractivity contribution in [3.05, 3.63) is 276 Å². The van der Waals surface area contributed by atoms with Crippen molar-refractivity contribution in [2.45, 2.75) is 66.2 Å². The van der Waals surface area contributed by atoms with E-state index in [1.165, 1.54) is 42.3 Å². The molecule has 1 aliphatic carbocycles. The molecule has 0 radical (unpaired) electrons. The van der Waals surface area contributed by atoms with Crippen LogP contribution in [0.4, 0.5) is 26.7 Å². The van der Waals surface area contributed by atoms with Crippen molar-refractivity contribution in [2.75, 3.05) is 61.5 Å². The van der Waals surface area contributed by atoms with Crippen molar-refractivity contribution < 1.29 is 63.8 Å². The van der Waals surface area contributed by atoms with Gasteiger partial charge in [-0.05, 0) is 166 Å². The normalized spacial score (nSPS) is 12.3. The molecule has 1 aliphatic rings. The lowest BCUT2D eigenvalue weighted by Crippen LogP contribution is -2.38. The Morgan fingerprint density at radius 1 is 0.480 bits per heavy atom. The second-order valence-corrected chi connectivity index (χ2v) is 28.5. The molecule has 0 saturated carbocycles. The standard InChI is InChI=1S/C28H27N3O5S.C20H21N3O3S.C17H20N2O2S.C11H13NO4/c1-31(28(33)36-20-21-9-4-2-5-10-21)19-27(32)29-18-23-12-8-11-22-17-24(15-16-26(22)23)30-37(34,35)25-13-6-3-7-14-25;1-21-14-20(24)22-13-16-7-5-6-15-12-17(10-11-19(15)16)23-27(25,26)18-8-3-2-4-9-18;18-12-14-6-4-5-13-11-15(9-10-17(13)14)19-22(20,21)16-7-2-1-3-8-16;1-12(7-10(13)14)11(15)16-8-9-5-3-2-4-6-9/h2-17,30H,18-20H2,1H3,(H,29,32);2-12,21,23H,13-14H2,1H3,(H,22,24);1-3,7-11,14,19H,4-6,12,18H2;2-6H,7-8H2,1H3,(H,13,14). The zero-order valence-corrected chi connectivity index (χ0v) is 58.8. The average molecular weight is 1440 g/mol. The monoisotopic (exact) mass is 1440 g/mol. The second kappa shape index (κ2) is 37.3. The van der Waals surface area contributed by atoms with E-state index in [2.05, 4.69) is 30.1 Å². The van der Waals surface area contributed by atoms with Crippen LogP contribution >= 0.6 is 0 Å². The third-order valence-corrected chi connectivity index (χ3v) is 20.0. The number of nitrogens with zero attached hydrogens (tertiary/aromatic N) is 2. The van der Waals surface area contributed by atoms with Crippen LogP contribution in [0.5, 0.6) is 0 Å². The Kier molecular flexibility index (Phi) is 28.0. The Hall–Kier alpha value is -11.2. The molecule has 10 aromatic carbocycles. The quantitative estimate of drug-likeness (QED) is 0.0279. The molecule has 0 heterocycles. The van der Waals surface area contributed by atoms with Crippen molar-refractivity contribution in [3.8, 4) is 0 Å². The number of aryl methyl sites for hydroxylation is 1. The summed E-state index contributed by atoms with van der Waals surface area (Å²) in [6, 6.07) is 71.0. The number of carboxylic acid groups (broad SMARTS) is 1. The minimum atomic E-state index is -3.70. The molecule has 532 valence electrons. The molecule has 23 nitrogen and oxygen atoms in total. The summed E-state index contributed by atoms with van der Waals surface area (Å²) < 4.78 is 93.0. The Morgan fingerprint density at radius 2 is 0.873 bits per heavy atom. The molecule has 0 saturated heterocycles. The zero-order chi connectivity index (χ0) is 73.1. The molecule has 1 unspecified atom stereocenters. The lowest BCUT2D eigenvalue weighted by Gasteiger charge is -2.25. The summed E-state index contributed by atoms with van der Waals surface area (Å²) in [6.45, 7) is 1.32. The van der Waals surface area contributed by atoms with Gasteiger partial charge in [0, 0.05) is 44.2 Å². The first-order valence-electron chi connectivity index (χ1n) is 32.3. The van der Waals surface area contributed by atoms with Gasteiger partial charge in [-0.2, -0.15) is 0 Å². The first-order chi connectivity index (χ1) is 49.0. The summed E-state index contributed by atoms with van der Waals surface area (Å²) >= 11 is 0. The molecule has 4 amide bonds. The molecular weight excluding hydrogens is 1360 g/mol. The number of hydrogen-bond donors (Lipinski definition) is 8. The third-order valence-electron chi connectivity index (χ3n) is 15.8. The van der Waals surface area contributed by atoms with Crippen LogP contribution in [0.2, 0.25) is 0 Å². The topological polar surface area (TPSA) is 331 Å². The molecule has 1 atom stereocenters. The van der Waals surface area contributed by atoms with E-state index in [9.17, 15) is 49.2 Å². The van der Waals surface area contributed by atoms with E-state index in [1.54, 1.807) is 110 Å². The number of aliphatic carboxylic acids is 1. The van der Waals surface area contributed by atoms with Crippen molar-refractivity contribution in [3.63, 3.8) is 0 Å². The summed E-state index contributed by atoms with van der Waals surface area (Å²) in [5.41, 5.74) is 13.4. The minimum absolute atomic E-state index is 0.0817. The molecule has 0 spiro atoms. The summed E-state index contributed by atoms with van der Waals surface area (Å²) in [6.07, 6.45) is 1.95. The number of nitrogens with two attached hydrogens (primary N) is 1. The molecule has 0 fully saturated rings. The maximum Gasteiger partial charge on any atom is 0.410 e. The first kappa shape index (κ1) is 76.6. The lowest BCUT2D eigenvalue weighted by atomic mass is 9.83. The third kappa shape index (κ3) is 23.2. The number of sulfonamides is 3. The van der Waals surface area contributed by atoms with Gasteiger partial charge in [0.2, 0.25) is 11.8 Å². The molecule has 26 heteroatoms. The van der Waals surface area contributed by atoms with Crippen LogP contribution in [0.3, 0.4) is 0 Å². The highest BCUT2D eigenvalue weighted by Crippen LogP contribution is 2.33. The number of fused-ring (bicyclic) bond motifs is 3. The van der Waals surface area contributed by atoms with Crippen LogP contribution < -0.4 is 35.9 Å². The smallest absolute Gasteiger partial charge is 0.410 e. The van der Waals surface area contributed by atoms with E-state index in [1.807, 2.05) is 127 Å². The summed E-state index contributed by atoms with van der Waals surface area (Å²) in [7, 11) is -6.27. The van der Waals surface area contributed by atoms with Crippen molar-refractivity contribution in [2.24, 2.45) is 5.73 Å². The van der Waals surface area contributed by atoms with E-state index in [0.29, 0.717) is 36.1 Å². The molecule has 9 N–H and O–H groups in total. The number of nitrogens with one attached hydrogen (secondary N) is 6. The molecule has 0 aliphatic heterocycles. The fraction of sp³-hybridized carbons (Fsp3) is 0.197. The van der Waals surface area contributed by atoms with Crippen molar-refractivity contribution in [1.82, 2.24) is 25.8 Å².